The summed E-state index contributed by atoms with van der Waals surface area (Å²) in [6, 6.07) is 8.08. The maximum atomic E-state index is 12.0. The summed E-state index contributed by atoms with van der Waals surface area (Å²) >= 11 is 0. The number of carboxylic acid groups (broad SMARTS) is 1. The van der Waals surface area contributed by atoms with Crippen molar-refractivity contribution in [1.29, 1.82) is 0 Å². The molecule has 0 fully saturated rings. The number of aryl methyl sites for hydroxylation is 1. The summed E-state index contributed by atoms with van der Waals surface area (Å²) in [5.41, 5.74) is 0.828. The Morgan fingerprint density at radius 2 is 2.05 bits per heavy atom. The molecule has 1 amide bonds. The van der Waals surface area contributed by atoms with Crippen molar-refractivity contribution < 1.29 is 14.7 Å². The zero-order chi connectivity index (χ0) is 15.2. The molecule has 7 nitrogen and oxygen atoms in total. The molecule has 3 N–H and O–H groups in total. The Morgan fingerprint density at radius 1 is 1.33 bits per heavy atom. The molecule has 0 radical (unpaired) electrons. The van der Waals surface area contributed by atoms with Crippen LogP contribution in [0, 0.1) is 0 Å². The lowest BCUT2D eigenvalue weighted by Crippen LogP contribution is -2.42. The van der Waals surface area contributed by atoms with Crippen LogP contribution in [-0.4, -0.2) is 38.2 Å². The minimum Gasteiger partial charge on any atom is -0.480 e. The number of amides is 1. The van der Waals surface area contributed by atoms with Gasteiger partial charge in [0.2, 0.25) is 5.82 Å². The van der Waals surface area contributed by atoms with Crippen LogP contribution < -0.4 is 5.32 Å². The van der Waals surface area contributed by atoms with Gasteiger partial charge in [-0.25, -0.2) is 9.78 Å². The molecule has 2 rings (SSSR count). The largest absolute Gasteiger partial charge is 0.480 e. The molecule has 7 heteroatoms. The number of carbonyl (C=O) groups is 2. The SMILES string of the molecule is CCc1nc(C(=O)N[C@@H](Cc2ccccc2)C(=O)O)n[nH]1. The van der Waals surface area contributed by atoms with Crippen molar-refractivity contribution in [3.63, 3.8) is 0 Å². The molecule has 1 aromatic carbocycles. The quantitative estimate of drug-likeness (QED) is 0.728. The molecule has 110 valence electrons. The summed E-state index contributed by atoms with van der Waals surface area (Å²) in [5, 5.41) is 18.0. The minimum atomic E-state index is -1.10. The number of hydrogen-bond acceptors (Lipinski definition) is 4. The van der Waals surface area contributed by atoms with E-state index in [1.165, 1.54) is 0 Å². The van der Waals surface area contributed by atoms with Crippen LogP contribution in [0.1, 0.15) is 28.9 Å². The second-order valence-corrected chi connectivity index (χ2v) is 4.51. The van der Waals surface area contributed by atoms with E-state index in [1.807, 2.05) is 37.3 Å². The number of aromatic nitrogens is 3. The van der Waals surface area contributed by atoms with Gasteiger partial charge in [0, 0.05) is 12.8 Å². The fourth-order valence-electron chi connectivity index (χ4n) is 1.83. The Kier molecular flexibility index (Phi) is 4.65. The third kappa shape index (κ3) is 3.88. The maximum Gasteiger partial charge on any atom is 0.326 e. The van der Waals surface area contributed by atoms with E-state index in [4.69, 9.17) is 0 Å². The van der Waals surface area contributed by atoms with Crippen LogP contribution in [0.3, 0.4) is 0 Å². The number of hydrogen-bond donors (Lipinski definition) is 3. The third-order valence-electron chi connectivity index (χ3n) is 2.96. The molecule has 1 aromatic heterocycles. The van der Waals surface area contributed by atoms with Crippen molar-refractivity contribution in [1.82, 2.24) is 20.5 Å². The van der Waals surface area contributed by atoms with Gasteiger partial charge in [-0.15, -0.1) is 5.10 Å². The number of benzene rings is 1. The summed E-state index contributed by atoms with van der Waals surface area (Å²) in [6.07, 6.45) is 0.819. The number of aliphatic carboxylic acids is 1. The van der Waals surface area contributed by atoms with Gasteiger partial charge >= 0.3 is 5.97 Å². The number of nitrogens with zero attached hydrogens (tertiary/aromatic N) is 2. The zero-order valence-corrected chi connectivity index (χ0v) is 11.5. The monoisotopic (exact) mass is 288 g/mol. The molecule has 0 aliphatic carbocycles. The average molecular weight is 288 g/mol. The number of carboxylic acids is 1. The summed E-state index contributed by atoms with van der Waals surface area (Å²) in [6.45, 7) is 1.87. The number of rotatable bonds is 6. The molecule has 1 heterocycles. The van der Waals surface area contributed by atoms with E-state index in [0.717, 1.165) is 5.56 Å². The first-order valence-corrected chi connectivity index (χ1v) is 6.59. The molecule has 0 aliphatic heterocycles. The predicted octanol–water partition coefficient (Wildman–Crippen LogP) is 0.793. The van der Waals surface area contributed by atoms with Crippen LogP contribution >= 0.6 is 0 Å². The standard InChI is InChI=1S/C14H16N4O3/c1-2-11-16-12(18-17-11)13(19)15-10(14(20)21)8-9-6-4-3-5-7-9/h3-7,10H,2,8H2,1H3,(H,15,19)(H,20,21)(H,16,17,18)/t10-/m0/s1. The smallest absolute Gasteiger partial charge is 0.326 e. The molecule has 1 atom stereocenters. The Balaban J connectivity index is 2.05. The normalized spacial score (nSPS) is 11.9. The van der Waals surface area contributed by atoms with Gasteiger partial charge in [-0.3, -0.25) is 9.89 Å². The summed E-state index contributed by atoms with van der Waals surface area (Å²) in [5.74, 6) is -1.17. The van der Waals surface area contributed by atoms with Crippen molar-refractivity contribution >= 4 is 11.9 Å². The van der Waals surface area contributed by atoms with Gasteiger partial charge in [0.15, 0.2) is 0 Å². The fraction of sp³-hybridized carbons (Fsp3) is 0.286. The van der Waals surface area contributed by atoms with Gasteiger partial charge in [0.25, 0.3) is 5.91 Å². The van der Waals surface area contributed by atoms with Crippen LogP contribution in [0.5, 0.6) is 0 Å². The van der Waals surface area contributed by atoms with Crippen molar-refractivity contribution in [3.05, 3.63) is 47.5 Å². The summed E-state index contributed by atoms with van der Waals surface area (Å²) in [4.78, 5) is 27.2. The van der Waals surface area contributed by atoms with Crippen molar-refractivity contribution in [3.8, 4) is 0 Å². The van der Waals surface area contributed by atoms with Crippen molar-refractivity contribution in [2.24, 2.45) is 0 Å². The molecule has 0 unspecified atom stereocenters. The molecule has 0 saturated heterocycles. The number of aromatic amines is 1. The van der Waals surface area contributed by atoms with Gasteiger partial charge in [-0.1, -0.05) is 37.3 Å². The Morgan fingerprint density at radius 3 is 2.62 bits per heavy atom. The molecule has 2 aromatic rings. The van der Waals surface area contributed by atoms with E-state index >= 15 is 0 Å². The lowest BCUT2D eigenvalue weighted by molar-refractivity contribution is -0.139. The lowest BCUT2D eigenvalue weighted by atomic mass is 10.1. The predicted molar refractivity (Wildman–Crippen MR) is 74.8 cm³/mol. The van der Waals surface area contributed by atoms with E-state index < -0.39 is 17.9 Å². The molecule has 0 spiro atoms. The summed E-state index contributed by atoms with van der Waals surface area (Å²) < 4.78 is 0. The van der Waals surface area contributed by atoms with Crippen LogP contribution in [0.15, 0.2) is 30.3 Å². The van der Waals surface area contributed by atoms with E-state index in [1.54, 1.807) is 0 Å². The maximum absolute atomic E-state index is 12.0. The van der Waals surface area contributed by atoms with Crippen LogP contribution in [-0.2, 0) is 17.6 Å². The molecule has 0 saturated carbocycles. The van der Waals surface area contributed by atoms with Gasteiger partial charge in [0.1, 0.15) is 11.9 Å². The minimum absolute atomic E-state index is 0.0499. The zero-order valence-electron chi connectivity index (χ0n) is 11.5. The van der Waals surface area contributed by atoms with Gasteiger partial charge < -0.3 is 10.4 Å². The topological polar surface area (TPSA) is 108 Å². The Labute approximate surface area is 121 Å². The molecular formula is C14H16N4O3. The second kappa shape index (κ2) is 6.65. The first kappa shape index (κ1) is 14.7. The second-order valence-electron chi connectivity index (χ2n) is 4.51. The number of nitrogens with one attached hydrogen (secondary N) is 2. The first-order chi connectivity index (χ1) is 10.1. The van der Waals surface area contributed by atoms with Crippen molar-refractivity contribution in [2.75, 3.05) is 0 Å². The highest BCUT2D eigenvalue weighted by atomic mass is 16.4. The average Bonchev–Trinajstić information content (AvgIpc) is 2.96. The number of carbonyl (C=O) groups excluding carboxylic acids is 1. The van der Waals surface area contributed by atoms with E-state index in [2.05, 4.69) is 20.5 Å². The molecule has 0 aliphatic rings. The molecular weight excluding hydrogens is 272 g/mol. The third-order valence-corrected chi connectivity index (χ3v) is 2.96. The van der Waals surface area contributed by atoms with Gasteiger partial charge in [-0.05, 0) is 5.56 Å². The van der Waals surface area contributed by atoms with Crippen LogP contribution in [0.4, 0.5) is 0 Å². The molecule has 21 heavy (non-hydrogen) atoms. The van der Waals surface area contributed by atoms with E-state index in [-0.39, 0.29) is 12.2 Å². The highest BCUT2D eigenvalue weighted by Gasteiger charge is 2.23. The fourth-order valence-corrected chi connectivity index (χ4v) is 1.83. The van der Waals surface area contributed by atoms with Crippen LogP contribution in [0.2, 0.25) is 0 Å². The van der Waals surface area contributed by atoms with Gasteiger partial charge in [0.05, 0.1) is 0 Å². The number of H-pyrrole nitrogens is 1. The highest BCUT2D eigenvalue weighted by molar-refractivity contribution is 5.93. The van der Waals surface area contributed by atoms with Crippen molar-refractivity contribution in [2.45, 2.75) is 25.8 Å². The van der Waals surface area contributed by atoms with Crippen LogP contribution in [0.25, 0.3) is 0 Å². The lowest BCUT2D eigenvalue weighted by Gasteiger charge is -2.13. The summed E-state index contributed by atoms with van der Waals surface area (Å²) in [7, 11) is 0. The van der Waals surface area contributed by atoms with E-state index in [0.29, 0.717) is 12.2 Å². The Hall–Kier alpha value is -2.70. The van der Waals surface area contributed by atoms with E-state index in [9.17, 15) is 14.7 Å². The van der Waals surface area contributed by atoms with Gasteiger partial charge in [-0.2, -0.15) is 0 Å². The highest BCUT2D eigenvalue weighted by Crippen LogP contribution is 2.04. The first-order valence-electron chi connectivity index (χ1n) is 6.59. The Bertz CT molecular complexity index is 624. The molecule has 0 bridgehead atoms.